The Labute approximate surface area is 233 Å². The molecule has 4 aromatic rings. The van der Waals surface area contributed by atoms with Gasteiger partial charge in [-0.25, -0.2) is 18.2 Å². The Kier molecular flexibility index (Phi) is 7.70. The number of halogens is 1. The first-order chi connectivity index (χ1) is 18.7. The number of benzene rings is 3. The molecule has 1 heterocycles. The summed E-state index contributed by atoms with van der Waals surface area (Å²) in [7, 11) is -3.84. The number of nitrogens with two attached hydrogens (primary N) is 1. The van der Waals surface area contributed by atoms with Crippen LogP contribution in [0.1, 0.15) is 65.1 Å². The maximum Gasteiger partial charge on any atom is 0.272 e. The van der Waals surface area contributed by atoms with Crippen LogP contribution >= 0.6 is 11.6 Å². The van der Waals surface area contributed by atoms with Crippen molar-refractivity contribution in [3.63, 3.8) is 0 Å². The van der Waals surface area contributed by atoms with Gasteiger partial charge in [-0.2, -0.15) is 5.10 Å². The lowest BCUT2D eigenvalue weighted by Gasteiger charge is -2.14. The van der Waals surface area contributed by atoms with Crippen molar-refractivity contribution in [2.45, 2.75) is 43.5 Å². The molecule has 1 atom stereocenters. The number of allylic oxidation sites excluding steroid dienone is 1. The highest BCUT2D eigenvalue weighted by molar-refractivity contribution is 7.89. The molecule has 0 radical (unpaired) electrons. The van der Waals surface area contributed by atoms with Crippen LogP contribution in [-0.2, 0) is 16.4 Å². The molecule has 7 nitrogen and oxygen atoms in total. The van der Waals surface area contributed by atoms with E-state index in [9.17, 15) is 13.2 Å². The predicted octanol–water partition coefficient (Wildman–Crippen LogP) is 5.93. The SMILES string of the molecule is C[C@@H](NC(=O)c1nn(-c2ccc(S(N)(=O)=O)cc2)c2c1CCCC/C2=C\c1ccc(Cl)cc1)c1ccccc1. The number of hydrogen-bond acceptors (Lipinski definition) is 4. The third-order valence-electron chi connectivity index (χ3n) is 6.89. The van der Waals surface area contributed by atoms with Gasteiger partial charge in [0.05, 0.1) is 22.3 Å². The number of rotatable bonds is 6. The van der Waals surface area contributed by atoms with Crippen LogP contribution in [0.3, 0.4) is 0 Å². The fourth-order valence-corrected chi connectivity index (χ4v) is 5.53. The van der Waals surface area contributed by atoms with Gasteiger partial charge in [0.2, 0.25) is 10.0 Å². The highest BCUT2D eigenvalue weighted by Crippen LogP contribution is 2.35. The lowest BCUT2D eigenvalue weighted by Crippen LogP contribution is -2.28. The highest BCUT2D eigenvalue weighted by Gasteiger charge is 2.28. The number of amides is 1. The number of fused-ring (bicyclic) bond motifs is 1. The fraction of sp³-hybridized carbons (Fsp3) is 0.200. The molecule has 5 rings (SSSR count). The molecule has 0 aliphatic heterocycles. The summed E-state index contributed by atoms with van der Waals surface area (Å²) in [6.07, 6.45) is 5.48. The topological polar surface area (TPSA) is 107 Å². The summed E-state index contributed by atoms with van der Waals surface area (Å²) in [6, 6.07) is 23.4. The van der Waals surface area contributed by atoms with Gasteiger partial charge in [0, 0.05) is 10.6 Å². The molecule has 39 heavy (non-hydrogen) atoms. The van der Waals surface area contributed by atoms with E-state index in [0.29, 0.717) is 22.8 Å². The smallest absolute Gasteiger partial charge is 0.272 e. The van der Waals surface area contributed by atoms with Gasteiger partial charge in [-0.3, -0.25) is 4.79 Å². The van der Waals surface area contributed by atoms with Crippen LogP contribution in [0, 0.1) is 0 Å². The Morgan fingerprint density at radius 3 is 2.33 bits per heavy atom. The number of nitrogens with one attached hydrogen (secondary N) is 1. The van der Waals surface area contributed by atoms with Crippen LogP contribution in [0.25, 0.3) is 17.3 Å². The minimum absolute atomic E-state index is 0.0103. The zero-order chi connectivity index (χ0) is 27.6. The Morgan fingerprint density at radius 2 is 1.67 bits per heavy atom. The maximum absolute atomic E-state index is 13.6. The van der Waals surface area contributed by atoms with Crippen molar-refractivity contribution in [2.75, 3.05) is 0 Å². The minimum atomic E-state index is -3.84. The Hall–Kier alpha value is -3.72. The summed E-state index contributed by atoms with van der Waals surface area (Å²) < 4.78 is 25.4. The first-order valence-electron chi connectivity index (χ1n) is 12.8. The summed E-state index contributed by atoms with van der Waals surface area (Å²) in [5.41, 5.74) is 5.76. The van der Waals surface area contributed by atoms with Gasteiger partial charge in [-0.1, -0.05) is 54.1 Å². The van der Waals surface area contributed by atoms with Crippen molar-refractivity contribution in [1.29, 1.82) is 0 Å². The van der Waals surface area contributed by atoms with Crippen molar-refractivity contribution < 1.29 is 13.2 Å². The van der Waals surface area contributed by atoms with Gasteiger partial charge in [0.25, 0.3) is 5.91 Å². The molecule has 3 aromatic carbocycles. The van der Waals surface area contributed by atoms with Crippen molar-refractivity contribution in [2.24, 2.45) is 5.14 Å². The number of nitrogens with zero attached hydrogens (tertiary/aromatic N) is 2. The molecule has 0 saturated heterocycles. The van der Waals surface area contributed by atoms with E-state index in [1.165, 1.54) is 12.1 Å². The largest absolute Gasteiger partial charge is 0.344 e. The van der Waals surface area contributed by atoms with E-state index in [1.807, 2.05) is 61.5 Å². The van der Waals surface area contributed by atoms with E-state index in [0.717, 1.165) is 47.2 Å². The van der Waals surface area contributed by atoms with Crippen molar-refractivity contribution in [1.82, 2.24) is 15.1 Å². The molecule has 1 amide bonds. The summed E-state index contributed by atoms with van der Waals surface area (Å²) in [5.74, 6) is -0.254. The molecule has 1 aliphatic carbocycles. The van der Waals surface area contributed by atoms with E-state index in [4.69, 9.17) is 21.8 Å². The van der Waals surface area contributed by atoms with Crippen LogP contribution in [-0.4, -0.2) is 24.1 Å². The van der Waals surface area contributed by atoms with Crippen molar-refractivity contribution in [3.8, 4) is 5.69 Å². The van der Waals surface area contributed by atoms with Crippen LogP contribution in [0.2, 0.25) is 5.02 Å². The molecular formula is C30H29ClN4O3S. The average molecular weight is 561 g/mol. The number of carbonyl (C=O) groups is 1. The highest BCUT2D eigenvalue weighted by atomic mass is 35.5. The molecule has 0 unspecified atom stereocenters. The van der Waals surface area contributed by atoms with Gasteiger partial charge in [-0.15, -0.1) is 0 Å². The number of aromatic nitrogens is 2. The molecule has 3 N–H and O–H groups in total. The van der Waals surface area contributed by atoms with Gasteiger partial charge in [0.15, 0.2) is 5.69 Å². The number of carbonyl (C=O) groups excluding carboxylic acids is 1. The molecular weight excluding hydrogens is 532 g/mol. The average Bonchev–Trinajstić information content (AvgIpc) is 3.19. The van der Waals surface area contributed by atoms with E-state index >= 15 is 0 Å². The molecule has 0 saturated carbocycles. The third kappa shape index (κ3) is 5.98. The Bertz CT molecular complexity index is 1630. The fourth-order valence-electron chi connectivity index (χ4n) is 4.89. The quantitative estimate of drug-likeness (QED) is 0.285. The standard InChI is InChI=1S/C30H29ClN4O3S/c1-20(22-7-3-2-4-8-22)33-30(36)28-27-10-6-5-9-23(19-21-11-13-24(31)14-12-21)29(27)35(34-28)25-15-17-26(18-16-25)39(32,37)38/h2-4,7-8,11-20H,5-6,9-10H2,1H3,(H,33,36)(H2,32,37,38)/b23-19+/t20-/m1/s1. The Balaban J connectivity index is 1.63. The zero-order valence-electron chi connectivity index (χ0n) is 21.5. The van der Waals surface area contributed by atoms with E-state index < -0.39 is 10.0 Å². The predicted molar refractivity (Wildman–Crippen MR) is 154 cm³/mol. The van der Waals surface area contributed by atoms with Crippen molar-refractivity contribution in [3.05, 3.63) is 112 Å². The first kappa shape index (κ1) is 26.9. The molecule has 200 valence electrons. The van der Waals surface area contributed by atoms with Crippen molar-refractivity contribution >= 4 is 39.2 Å². The summed E-state index contributed by atoms with van der Waals surface area (Å²) in [5, 5.41) is 13.9. The van der Waals surface area contributed by atoms with E-state index in [-0.39, 0.29) is 16.8 Å². The first-order valence-corrected chi connectivity index (χ1v) is 14.7. The molecule has 0 spiro atoms. The molecule has 0 bridgehead atoms. The zero-order valence-corrected chi connectivity index (χ0v) is 23.0. The second-order valence-corrected chi connectivity index (χ2v) is 11.7. The normalized spacial score (nSPS) is 15.4. The molecule has 1 aliphatic rings. The maximum atomic E-state index is 13.6. The number of hydrogen-bond donors (Lipinski definition) is 2. The second kappa shape index (κ2) is 11.2. The summed E-state index contributed by atoms with van der Waals surface area (Å²) in [4.78, 5) is 13.6. The van der Waals surface area contributed by atoms with Gasteiger partial charge < -0.3 is 5.32 Å². The lowest BCUT2D eigenvalue weighted by molar-refractivity contribution is 0.0933. The molecule has 1 aromatic heterocycles. The minimum Gasteiger partial charge on any atom is -0.344 e. The van der Waals surface area contributed by atoms with E-state index in [1.54, 1.807) is 16.8 Å². The van der Waals surface area contributed by atoms with Crippen LogP contribution < -0.4 is 10.5 Å². The monoisotopic (exact) mass is 560 g/mol. The lowest BCUT2D eigenvalue weighted by atomic mass is 10.0. The molecule has 0 fully saturated rings. The second-order valence-electron chi connectivity index (χ2n) is 9.66. The number of primary sulfonamides is 1. The van der Waals surface area contributed by atoms with Crippen LogP contribution in [0.15, 0.2) is 83.8 Å². The van der Waals surface area contributed by atoms with Crippen LogP contribution in [0.4, 0.5) is 0 Å². The summed E-state index contributed by atoms with van der Waals surface area (Å²) in [6.45, 7) is 1.95. The third-order valence-corrected chi connectivity index (χ3v) is 8.07. The molecule has 9 heteroatoms. The number of sulfonamides is 1. The van der Waals surface area contributed by atoms with Gasteiger partial charge in [-0.05, 0) is 91.8 Å². The Morgan fingerprint density at radius 1 is 1.00 bits per heavy atom. The van der Waals surface area contributed by atoms with E-state index in [2.05, 4.69) is 11.4 Å². The van der Waals surface area contributed by atoms with Gasteiger partial charge >= 0.3 is 0 Å². The van der Waals surface area contributed by atoms with Crippen LogP contribution in [0.5, 0.6) is 0 Å². The summed E-state index contributed by atoms with van der Waals surface area (Å²) >= 11 is 6.10. The van der Waals surface area contributed by atoms with Gasteiger partial charge in [0.1, 0.15) is 0 Å².